The maximum atomic E-state index is 12.5. The summed E-state index contributed by atoms with van der Waals surface area (Å²) in [5.41, 5.74) is 5.77. The number of carbonyl (C=O) groups is 3. The minimum absolute atomic E-state index is 0. The average molecular weight is 393 g/mol. The standard InChI is InChI=1S/C17H32N4O4.ClH/c1-11(2)15(18)17(24)20-9-14(22)21-10-13(6-5-12(21)3)16(23)19-7-8-25-4;/h11-13,15H,5-10,18H2,1-4H3,(H,19,23)(H,20,24);1H/t12?,13?,15-;/m0./s1. The lowest BCUT2D eigenvalue weighted by Crippen LogP contribution is -2.53. The van der Waals surface area contributed by atoms with E-state index in [4.69, 9.17) is 10.5 Å². The topological polar surface area (TPSA) is 114 Å². The maximum absolute atomic E-state index is 12.5. The van der Waals surface area contributed by atoms with Gasteiger partial charge in [0.25, 0.3) is 0 Å². The summed E-state index contributed by atoms with van der Waals surface area (Å²) in [7, 11) is 1.58. The highest BCUT2D eigenvalue weighted by atomic mass is 35.5. The molecule has 3 atom stereocenters. The summed E-state index contributed by atoms with van der Waals surface area (Å²) in [4.78, 5) is 38.2. The van der Waals surface area contributed by atoms with Crippen molar-refractivity contribution in [2.75, 3.05) is 33.4 Å². The zero-order valence-corrected chi connectivity index (χ0v) is 16.9. The number of ether oxygens (including phenoxy) is 1. The Bertz CT molecular complexity index is 476. The molecule has 1 fully saturated rings. The molecule has 0 aliphatic carbocycles. The molecule has 3 amide bonds. The molecule has 4 N–H and O–H groups in total. The van der Waals surface area contributed by atoms with Crippen LogP contribution in [0.1, 0.15) is 33.6 Å². The number of piperidine rings is 1. The van der Waals surface area contributed by atoms with Crippen LogP contribution >= 0.6 is 12.4 Å². The number of nitrogens with zero attached hydrogens (tertiary/aromatic N) is 1. The van der Waals surface area contributed by atoms with Crippen molar-refractivity contribution in [2.24, 2.45) is 17.6 Å². The second kappa shape index (κ2) is 12.1. The number of hydrogen-bond acceptors (Lipinski definition) is 5. The van der Waals surface area contributed by atoms with E-state index in [0.29, 0.717) is 19.7 Å². The molecule has 1 saturated heterocycles. The molecule has 26 heavy (non-hydrogen) atoms. The van der Waals surface area contributed by atoms with Gasteiger partial charge in [-0.05, 0) is 25.7 Å². The minimum Gasteiger partial charge on any atom is -0.383 e. The first kappa shape index (κ1) is 24.6. The molecule has 0 aromatic carbocycles. The molecule has 1 aliphatic rings. The lowest BCUT2D eigenvalue weighted by Gasteiger charge is -2.37. The highest BCUT2D eigenvalue weighted by molar-refractivity contribution is 5.88. The van der Waals surface area contributed by atoms with E-state index in [2.05, 4.69) is 10.6 Å². The quantitative estimate of drug-likeness (QED) is 0.499. The van der Waals surface area contributed by atoms with Gasteiger partial charge in [-0.2, -0.15) is 0 Å². The molecule has 0 radical (unpaired) electrons. The van der Waals surface area contributed by atoms with Crippen molar-refractivity contribution >= 4 is 30.1 Å². The van der Waals surface area contributed by atoms with E-state index in [1.165, 1.54) is 0 Å². The monoisotopic (exact) mass is 392 g/mol. The Kier molecular flexibility index (Phi) is 11.4. The molecule has 1 heterocycles. The Morgan fingerprint density at radius 2 is 1.88 bits per heavy atom. The fraction of sp³-hybridized carbons (Fsp3) is 0.824. The highest BCUT2D eigenvalue weighted by Gasteiger charge is 2.32. The Morgan fingerprint density at radius 3 is 2.46 bits per heavy atom. The van der Waals surface area contributed by atoms with Gasteiger partial charge in [-0.1, -0.05) is 13.8 Å². The zero-order valence-electron chi connectivity index (χ0n) is 16.1. The number of nitrogens with one attached hydrogen (secondary N) is 2. The van der Waals surface area contributed by atoms with Crippen LogP contribution < -0.4 is 16.4 Å². The van der Waals surface area contributed by atoms with Crippen LogP contribution in [0.5, 0.6) is 0 Å². The van der Waals surface area contributed by atoms with Crippen molar-refractivity contribution in [3.05, 3.63) is 0 Å². The van der Waals surface area contributed by atoms with Gasteiger partial charge < -0.3 is 26.0 Å². The number of likely N-dealkylation sites (tertiary alicyclic amines) is 1. The normalized spacial score (nSPS) is 20.9. The Balaban J connectivity index is 0.00000625. The van der Waals surface area contributed by atoms with Gasteiger partial charge in [-0.15, -0.1) is 12.4 Å². The van der Waals surface area contributed by atoms with Gasteiger partial charge in [0, 0.05) is 26.2 Å². The number of rotatable bonds is 8. The summed E-state index contributed by atoms with van der Waals surface area (Å²) in [6.45, 7) is 6.85. The first-order valence-corrected chi connectivity index (χ1v) is 8.87. The lowest BCUT2D eigenvalue weighted by atomic mass is 9.92. The minimum atomic E-state index is -0.633. The summed E-state index contributed by atoms with van der Waals surface area (Å²) in [5, 5.41) is 5.41. The SMILES string of the molecule is COCCNC(=O)C1CCC(C)N(C(=O)CNC(=O)[C@@H](N)C(C)C)C1.Cl. The molecule has 0 saturated carbocycles. The van der Waals surface area contributed by atoms with Gasteiger partial charge in [0.15, 0.2) is 0 Å². The van der Waals surface area contributed by atoms with Gasteiger partial charge in [0.2, 0.25) is 17.7 Å². The van der Waals surface area contributed by atoms with Crippen LogP contribution in [0.4, 0.5) is 0 Å². The van der Waals surface area contributed by atoms with Crippen molar-refractivity contribution in [3.8, 4) is 0 Å². The number of methoxy groups -OCH3 is 1. The fourth-order valence-electron chi connectivity index (χ4n) is 2.77. The second-order valence-electron chi connectivity index (χ2n) is 6.94. The van der Waals surface area contributed by atoms with E-state index < -0.39 is 6.04 Å². The second-order valence-corrected chi connectivity index (χ2v) is 6.94. The van der Waals surface area contributed by atoms with Crippen molar-refractivity contribution < 1.29 is 19.1 Å². The molecular weight excluding hydrogens is 360 g/mol. The maximum Gasteiger partial charge on any atom is 0.242 e. The van der Waals surface area contributed by atoms with Crippen molar-refractivity contribution in [1.82, 2.24) is 15.5 Å². The Hall–Kier alpha value is -1.38. The molecule has 1 aliphatic heterocycles. The van der Waals surface area contributed by atoms with Gasteiger partial charge in [-0.3, -0.25) is 14.4 Å². The van der Waals surface area contributed by atoms with Crippen LogP contribution in [0.2, 0.25) is 0 Å². The summed E-state index contributed by atoms with van der Waals surface area (Å²) < 4.78 is 4.92. The van der Waals surface area contributed by atoms with E-state index in [1.54, 1.807) is 12.0 Å². The van der Waals surface area contributed by atoms with Crippen LogP contribution in [0.3, 0.4) is 0 Å². The number of carbonyl (C=O) groups excluding carboxylic acids is 3. The first-order chi connectivity index (χ1) is 11.8. The smallest absolute Gasteiger partial charge is 0.242 e. The van der Waals surface area contributed by atoms with Crippen molar-refractivity contribution in [1.29, 1.82) is 0 Å². The van der Waals surface area contributed by atoms with Crippen molar-refractivity contribution in [2.45, 2.75) is 45.7 Å². The summed E-state index contributed by atoms with van der Waals surface area (Å²) in [6, 6.07) is -0.586. The molecule has 9 heteroatoms. The molecule has 1 rings (SSSR count). The average Bonchev–Trinajstić information content (AvgIpc) is 2.58. The molecule has 8 nitrogen and oxygen atoms in total. The van der Waals surface area contributed by atoms with E-state index in [0.717, 1.165) is 12.8 Å². The van der Waals surface area contributed by atoms with Crippen LogP contribution in [0.25, 0.3) is 0 Å². The summed E-state index contributed by atoms with van der Waals surface area (Å²) >= 11 is 0. The molecule has 0 aromatic heterocycles. The summed E-state index contributed by atoms with van der Waals surface area (Å²) in [5.74, 6) is -0.810. The van der Waals surface area contributed by atoms with Crippen LogP contribution in [-0.4, -0.2) is 68.1 Å². The lowest BCUT2D eigenvalue weighted by molar-refractivity contribution is -0.139. The highest BCUT2D eigenvalue weighted by Crippen LogP contribution is 2.22. The number of halogens is 1. The van der Waals surface area contributed by atoms with Crippen molar-refractivity contribution in [3.63, 3.8) is 0 Å². The van der Waals surface area contributed by atoms with Crippen LogP contribution in [0.15, 0.2) is 0 Å². The number of hydrogen-bond donors (Lipinski definition) is 3. The molecule has 0 aromatic rings. The molecule has 2 unspecified atom stereocenters. The predicted molar refractivity (Wildman–Crippen MR) is 102 cm³/mol. The first-order valence-electron chi connectivity index (χ1n) is 8.87. The third-order valence-electron chi connectivity index (χ3n) is 4.61. The van der Waals surface area contributed by atoms with Gasteiger partial charge in [-0.25, -0.2) is 0 Å². The van der Waals surface area contributed by atoms with Crippen LogP contribution in [0, 0.1) is 11.8 Å². The third kappa shape index (κ3) is 7.47. The van der Waals surface area contributed by atoms with Gasteiger partial charge >= 0.3 is 0 Å². The molecule has 0 bridgehead atoms. The largest absolute Gasteiger partial charge is 0.383 e. The van der Waals surface area contributed by atoms with E-state index in [9.17, 15) is 14.4 Å². The van der Waals surface area contributed by atoms with E-state index in [-0.39, 0.29) is 54.6 Å². The number of amides is 3. The van der Waals surface area contributed by atoms with E-state index >= 15 is 0 Å². The molecular formula is C17H33ClN4O4. The Morgan fingerprint density at radius 1 is 1.23 bits per heavy atom. The number of nitrogens with two attached hydrogens (primary N) is 1. The van der Waals surface area contributed by atoms with Gasteiger partial charge in [0.05, 0.1) is 25.1 Å². The Labute approximate surface area is 162 Å². The van der Waals surface area contributed by atoms with Gasteiger partial charge in [0.1, 0.15) is 0 Å². The fourth-order valence-corrected chi connectivity index (χ4v) is 2.77. The zero-order chi connectivity index (χ0) is 19.0. The molecule has 152 valence electrons. The van der Waals surface area contributed by atoms with Crippen LogP contribution in [-0.2, 0) is 19.1 Å². The van der Waals surface area contributed by atoms with E-state index in [1.807, 2.05) is 20.8 Å². The summed E-state index contributed by atoms with van der Waals surface area (Å²) in [6.07, 6.45) is 1.50. The predicted octanol–water partition coefficient (Wildman–Crippen LogP) is -0.103. The third-order valence-corrected chi connectivity index (χ3v) is 4.61. The molecule has 0 spiro atoms.